The number of esters is 1. The molecule has 3 N–H and O–H groups in total. The lowest BCUT2D eigenvalue weighted by Crippen LogP contribution is -2.53. The van der Waals surface area contributed by atoms with Crippen LogP contribution >= 0.6 is 12.4 Å². The topological polar surface area (TPSA) is 117 Å². The molecule has 9 nitrogen and oxygen atoms in total. The summed E-state index contributed by atoms with van der Waals surface area (Å²) in [7, 11) is -2.44. The maximum atomic E-state index is 13.0. The van der Waals surface area contributed by atoms with Crippen molar-refractivity contribution in [3.05, 3.63) is 35.9 Å². The number of sulfonamides is 1. The van der Waals surface area contributed by atoms with Crippen molar-refractivity contribution in [3.8, 4) is 0 Å². The van der Waals surface area contributed by atoms with E-state index in [4.69, 9.17) is 4.74 Å². The van der Waals surface area contributed by atoms with E-state index in [0.29, 0.717) is 18.9 Å². The summed E-state index contributed by atoms with van der Waals surface area (Å²) < 4.78 is 32.9. The summed E-state index contributed by atoms with van der Waals surface area (Å²) in [5.74, 6) is -0.202. The minimum absolute atomic E-state index is 0. The van der Waals surface area contributed by atoms with E-state index in [0.717, 1.165) is 44.3 Å². The van der Waals surface area contributed by atoms with Gasteiger partial charge in [-0.2, -0.15) is 0 Å². The fraction of sp³-hybridized carbons (Fsp3) is 0.667. The summed E-state index contributed by atoms with van der Waals surface area (Å²) in [4.78, 5) is 27.6. The molecule has 0 spiro atoms. The number of rotatable bonds is 12. The van der Waals surface area contributed by atoms with Crippen LogP contribution in [0.5, 0.6) is 0 Å². The van der Waals surface area contributed by atoms with Crippen molar-refractivity contribution in [2.24, 2.45) is 5.92 Å². The van der Waals surface area contributed by atoms with E-state index in [1.807, 2.05) is 37.3 Å². The number of unbranched alkanes of at least 4 members (excludes halogenated alkanes) is 1. The summed E-state index contributed by atoms with van der Waals surface area (Å²) in [5.41, 5.74) is -0.0162. The first-order valence-corrected chi connectivity index (χ1v) is 13.9. The van der Waals surface area contributed by atoms with Crippen molar-refractivity contribution >= 4 is 34.4 Å². The van der Waals surface area contributed by atoms with Gasteiger partial charge in [0, 0.05) is 19.5 Å². The van der Waals surface area contributed by atoms with Gasteiger partial charge >= 0.3 is 12.0 Å². The Labute approximate surface area is 215 Å². The van der Waals surface area contributed by atoms with Crippen LogP contribution in [0.4, 0.5) is 4.79 Å². The van der Waals surface area contributed by atoms with Gasteiger partial charge in [-0.1, -0.05) is 43.7 Å². The fourth-order valence-corrected chi connectivity index (χ4v) is 6.37. The molecule has 0 aromatic heterocycles. The lowest BCUT2D eigenvalue weighted by molar-refractivity contribution is -0.143. The highest BCUT2D eigenvalue weighted by molar-refractivity contribution is 7.89. The molecule has 198 valence electrons. The minimum atomic E-state index is -3.69. The Morgan fingerprint density at radius 1 is 1.26 bits per heavy atom. The molecule has 2 atom stereocenters. The number of urea groups is 1. The number of piperidine rings is 1. The molecular formula is C24H39ClN4O5S. The van der Waals surface area contributed by atoms with E-state index in [-0.39, 0.29) is 37.2 Å². The molecule has 1 aromatic rings. The normalized spacial score (nSPS) is 21.8. The van der Waals surface area contributed by atoms with E-state index in [9.17, 15) is 18.0 Å². The summed E-state index contributed by atoms with van der Waals surface area (Å²) in [6.07, 6.45) is 4.29. The van der Waals surface area contributed by atoms with Crippen LogP contribution in [0.1, 0.15) is 51.0 Å². The lowest BCUT2D eigenvalue weighted by Gasteiger charge is -2.40. The Bertz CT molecular complexity index is 927. The molecule has 2 amide bonds. The van der Waals surface area contributed by atoms with Crippen LogP contribution in [0.25, 0.3) is 0 Å². The molecule has 2 heterocycles. The molecule has 0 aliphatic carbocycles. The third-order valence-electron chi connectivity index (χ3n) is 6.94. The number of benzene rings is 1. The zero-order valence-electron chi connectivity index (χ0n) is 20.6. The molecule has 3 rings (SSSR count). The number of carbonyl (C=O) groups excluding carboxylic acids is 2. The number of halogens is 1. The first kappa shape index (κ1) is 29.4. The molecule has 2 aliphatic rings. The average Bonchev–Trinajstić information content (AvgIpc) is 3.17. The van der Waals surface area contributed by atoms with Gasteiger partial charge in [0.25, 0.3) is 0 Å². The molecule has 0 bridgehead atoms. The Balaban J connectivity index is 0.00000432. The highest BCUT2D eigenvalue weighted by Crippen LogP contribution is 2.38. The number of nitrogens with one attached hydrogen (secondary N) is 3. The Morgan fingerprint density at radius 2 is 1.94 bits per heavy atom. The average molecular weight is 531 g/mol. The molecule has 2 aliphatic heterocycles. The first-order chi connectivity index (χ1) is 16.3. The van der Waals surface area contributed by atoms with E-state index >= 15 is 0 Å². The third-order valence-corrected chi connectivity index (χ3v) is 8.41. The SMILES string of the molecule is CCCCS(=O)(=O)NC(CC1(c2ccccc2)CNC(=O)N1CCC1CCNCC1)C(=O)OC.Cl. The van der Waals surface area contributed by atoms with E-state index in [2.05, 4.69) is 15.4 Å². The van der Waals surface area contributed by atoms with E-state index < -0.39 is 27.6 Å². The molecule has 11 heteroatoms. The van der Waals surface area contributed by atoms with Crippen molar-refractivity contribution in [2.75, 3.05) is 39.0 Å². The standard InChI is InChI=1S/C24H38N4O5S.ClH/c1-3-4-16-34(31,32)27-21(22(29)33-2)17-24(20-8-6-5-7-9-20)18-26-23(30)28(24)15-12-19-10-13-25-14-11-19;/h5-9,19,21,25,27H,3-4,10-18H2,1-2H3,(H,26,30);1H. The molecule has 0 radical (unpaired) electrons. The summed E-state index contributed by atoms with van der Waals surface area (Å²) in [6, 6.07) is 8.23. The Morgan fingerprint density at radius 3 is 2.57 bits per heavy atom. The Hall–Kier alpha value is -1.88. The maximum absolute atomic E-state index is 13.0. The number of hydrogen-bond acceptors (Lipinski definition) is 6. The maximum Gasteiger partial charge on any atom is 0.323 e. The highest BCUT2D eigenvalue weighted by atomic mass is 35.5. The molecular weight excluding hydrogens is 492 g/mol. The number of hydrogen-bond donors (Lipinski definition) is 3. The first-order valence-electron chi connectivity index (χ1n) is 12.2. The molecule has 2 saturated heterocycles. The number of ether oxygens (including phenoxy) is 1. The summed E-state index contributed by atoms with van der Waals surface area (Å²) in [6.45, 7) is 4.68. The van der Waals surface area contributed by atoms with Crippen LogP contribution in [-0.4, -0.2) is 70.4 Å². The zero-order chi connectivity index (χ0) is 24.6. The van der Waals surface area contributed by atoms with Gasteiger partial charge in [-0.25, -0.2) is 17.9 Å². The van der Waals surface area contributed by atoms with E-state index in [1.165, 1.54) is 7.11 Å². The molecule has 0 saturated carbocycles. The zero-order valence-corrected chi connectivity index (χ0v) is 22.3. The monoisotopic (exact) mass is 530 g/mol. The van der Waals surface area contributed by atoms with Gasteiger partial charge in [0.05, 0.1) is 18.4 Å². The van der Waals surface area contributed by atoms with Crippen molar-refractivity contribution in [2.45, 2.75) is 57.0 Å². The molecule has 2 unspecified atom stereocenters. The van der Waals surface area contributed by atoms with Crippen molar-refractivity contribution < 1.29 is 22.7 Å². The fourth-order valence-electron chi connectivity index (χ4n) is 4.97. The third kappa shape index (κ3) is 7.55. The molecule has 1 aromatic carbocycles. The number of carbonyl (C=O) groups is 2. The van der Waals surface area contributed by atoms with Gasteiger partial charge in [-0.3, -0.25) is 4.79 Å². The largest absolute Gasteiger partial charge is 0.468 e. The smallest absolute Gasteiger partial charge is 0.323 e. The van der Waals surface area contributed by atoms with Crippen LogP contribution in [0, 0.1) is 5.92 Å². The van der Waals surface area contributed by atoms with Crippen LogP contribution in [0.15, 0.2) is 30.3 Å². The highest BCUT2D eigenvalue weighted by Gasteiger charge is 2.49. The second kappa shape index (κ2) is 13.4. The predicted octanol–water partition coefficient (Wildman–Crippen LogP) is 2.37. The van der Waals surface area contributed by atoms with Crippen LogP contribution in [0.3, 0.4) is 0 Å². The quantitative estimate of drug-likeness (QED) is 0.357. The summed E-state index contributed by atoms with van der Waals surface area (Å²) in [5, 5.41) is 6.32. The van der Waals surface area contributed by atoms with Crippen molar-refractivity contribution in [1.82, 2.24) is 20.3 Å². The number of nitrogens with zero attached hydrogens (tertiary/aromatic N) is 1. The van der Waals surface area contributed by atoms with Gasteiger partial charge in [0.15, 0.2) is 0 Å². The van der Waals surface area contributed by atoms with Crippen LogP contribution in [-0.2, 0) is 25.1 Å². The van der Waals surface area contributed by atoms with E-state index in [1.54, 1.807) is 4.90 Å². The summed E-state index contributed by atoms with van der Waals surface area (Å²) >= 11 is 0. The molecule has 35 heavy (non-hydrogen) atoms. The van der Waals surface area contributed by atoms with Gasteiger partial charge in [0.1, 0.15) is 6.04 Å². The minimum Gasteiger partial charge on any atom is -0.468 e. The van der Waals surface area contributed by atoms with Gasteiger partial charge in [0.2, 0.25) is 10.0 Å². The van der Waals surface area contributed by atoms with Gasteiger partial charge < -0.3 is 20.3 Å². The second-order valence-electron chi connectivity index (χ2n) is 9.26. The molecule has 2 fully saturated rings. The van der Waals surface area contributed by atoms with Gasteiger partial charge in [-0.05, 0) is 50.3 Å². The van der Waals surface area contributed by atoms with Crippen molar-refractivity contribution in [3.63, 3.8) is 0 Å². The van der Waals surface area contributed by atoms with Gasteiger partial charge in [-0.15, -0.1) is 12.4 Å². The number of methoxy groups -OCH3 is 1. The predicted molar refractivity (Wildman–Crippen MR) is 138 cm³/mol. The second-order valence-corrected chi connectivity index (χ2v) is 11.1. The van der Waals surface area contributed by atoms with Crippen molar-refractivity contribution in [1.29, 1.82) is 0 Å². The Kier molecular flexibility index (Phi) is 11.3. The van der Waals surface area contributed by atoms with Crippen LogP contribution in [0.2, 0.25) is 0 Å². The number of amides is 2. The lowest BCUT2D eigenvalue weighted by atomic mass is 9.82. The van der Waals surface area contributed by atoms with Crippen LogP contribution < -0.4 is 15.4 Å².